The molecule has 0 fully saturated rings. The van der Waals surface area contributed by atoms with Crippen LogP contribution >= 0.6 is 12.4 Å². The Morgan fingerprint density at radius 2 is 1.82 bits per heavy atom. The molecule has 3 heteroatoms. The Kier molecular flexibility index (Phi) is 10.2. The van der Waals surface area contributed by atoms with Crippen LogP contribution in [0.3, 0.4) is 0 Å². The third-order valence-electron chi connectivity index (χ3n) is 2.83. The van der Waals surface area contributed by atoms with E-state index in [4.69, 9.17) is 5.11 Å². The number of benzene rings is 1. The molecule has 98 valence electrons. The summed E-state index contributed by atoms with van der Waals surface area (Å²) < 4.78 is 0. The third kappa shape index (κ3) is 7.37. The first-order chi connectivity index (χ1) is 7.84. The van der Waals surface area contributed by atoms with Gasteiger partial charge in [-0.2, -0.15) is 0 Å². The van der Waals surface area contributed by atoms with Crippen LogP contribution in [-0.4, -0.2) is 24.8 Å². The standard InChI is InChI=1S/C14H23NO.ClH/c1-13(14-8-4-2-5-9-14)12-15-10-6-3-7-11-16;/h2,4-5,8-9,13,15-16H,3,6-7,10-12H2,1H3;1H. The molecule has 0 aromatic heterocycles. The maximum absolute atomic E-state index is 8.64. The summed E-state index contributed by atoms with van der Waals surface area (Å²) in [7, 11) is 0. The maximum Gasteiger partial charge on any atom is 0.0431 e. The first-order valence-electron chi connectivity index (χ1n) is 6.21. The lowest BCUT2D eigenvalue weighted by atomic mass is 10.0. The molecule has 0 amide bonds. The number of aliphatic hydroxyl groups excluding tert-OH is 1. The van der Waals surface area contributed by atoms with Crippen LogP contribution in [0.2, 0.25) is 0 Å². The Hall–Kier alpha value is -0.570. The summed E-state index contributed by atoms with van der Waals surface area (Å²) in [5.41, 5.74) is 1.39. The molecule has 0 heterocycles. The van der Waals surface area contributed by atoms with Crippen molar-refractivity contribution in [1.82, 2.24) is 5.32 Å². The second-order valence-corrected chi connectivity index (χ2v) is 4.30. The quantitative estimate of drug-likeness (QED) is 0.702. The Labute approximate surface area is 111 Å². The van der Waals surface area contributed by atoms with Crippen molar-refractivity contribution in [3.8, 4) is 0 Å². The second-order valence-electron chi connectivity index (χ2n) is 4.30. The minimum atomic E-state index is 0. The average Bonchev–Trinajstić information content (AvgIpc) is 2.34. The van der Waals surface area contributed by atoms with E-state index in [2.05, 4.69) is 42.6 Å². The van der Waals surface area contributed by atoms with Crippen LogP contribution in [0.4, 0.5) is 0 Å². The van der Waals surface area contributed by atoms with Crippen LogP contribution < -0.4 is 5.32 Å². The molecule has 0 bridgehead atoms. The van der Waals surface area contributed by atoms with E-state index in [-0.39, 0.29) is 12.4 Å². The van der Waals surface area contributed by atoms with Gasteiger partial charge in [-0.25, -0.2) is 0 Å². The van der Waals surface area contributed by atoms with Crippen molar-refractivity contribution in [2.24, 2.45) is 0 Å². The Balaban J connectivity index is 0.00000256. The molecule has 17 heavy (non-hydrogen) atoms. The largest absolute Gasteiger partial charge is 0.396 e. The highest BCUT2D eigenvalue weighted by Gasteiger charge is 2.03. The van der Waals surface area contributed by atoms with Gasteiger partial charge in [0.2, 0.25) is 0 Å². The first kappa shape index (κ1) is 16.4. The molecule has 0 saturated carbocycles. The first-order valence-corrected chi connectivity index (χ1v) is 6.21. The summed E-state index contributed by atoms with van der Waals surface area (Å²) in [4.78, 5) is 0. The molecule has 0 aliphatic rings. The number of rotatable bonds is 8. The fourth-order valence-corrected chi connectivity index (χ4v) is 1.76. The third-order valence-corrected chi connectivity index (χ3v) is 2.83. The molecule has 0 aliphatic heterocycles. The molecule has 0 saturated heterocycles. The molecule has 1 atom stereocenters. The van der Waals surface area contributed by atoms with Gasteiger partial charge in [-0.05, 0) is 37.3 Å². The number of hydrogen-bond donors (Lipinski definition) is 2. The zero-order chi connectivity index (χ0) is 11.6. The molecular formula is C14H24ClNO. The summed E-state index contributed by atoms with van der Waals surface area (Å²) >= 11 is 0. The van der Waals surface area contributed by atoms with Gasteiger partial charge in [0.05, 0.1) is 0 Å². The number of nitrogens with one attached hydrogen (secondary N) is 1. The maximum atomic E-state index is 8.64. The summed E-state index contributed by atoms with van der Waals surface area (Å²) in [5.74, 6) is 0.569. The van der Waals surface area contributed by atoms with E-state index in [1.165, 1.54) is 5.56 Å². The van der Waals surface area contributed by atoms with Crippen LogP contribution in [0.1, 0.15) is 37.7 Å². The lowest BCUT2D eigenvalue weighted by Crippen LogP contribution is -2.21. The molecule has 0 aliphatic carbocycles. The van der Waals surface area contributed by atoms with Crippen LogP contribution in [-0.2, 0) is 0 Å². The van der Waals surface area contributed by atoms with Gasteiger partial charge >= 0.3 is 0 Å². The zero-order valence-electron chi connectivity index (χ0n) is 10.6. The summed E-state index contributed by atoms with van der Waals surface area (Å²) in [6.45, 7) is 4.65. The fraction of sp³-hybridized carbons (Fsp3) is 0.571. The lowest BCUT2D eigenvalue weighted by molar-refractivity contribution is 0.283. The monoisotopic (exact) mass is 257 g/mol. The van der Waals surface area contributed by atoms with Crippen molar-refractivity contribution in [3.05, 3.63) is 35.9 Å². The number of halogens is 1. The van der Waals surface area contributed by atoms with Gasteiger partial charge in [0.15, 0.2) is 0 Å². The van der Waals surface area contributed by atoms with Crippen LogP contribution in [0, 0.1) is 0 Å². The predicted octanol–water partition coefficient (Wildman–Crippen LogP) is 2.96. The molecule has 0 spiro atoms. The van der Waals surface area contributed by atoms with Crippen molar-refractivity contribution in [2.45, 2.75) is 32.1 Å². The van der Waals surface area contributed by atoms with E-state index in [9.17, 15) is 0 Å². The summed E-state index contributed by atoms with van der Waals surface area (Å²) in [6.07, 6.45) is 3.20. The topological polar surface area (TPSA) is 32.3 Å². The van der Waals surface area contributed by atoms with E-state index in [0.717, 1.165) is 32.4 Å². The second kappa shape index (κ2) is 10.6. The van der Waals surface area contributed by atoms with Gasteiger partial charge in [-0.15, -0.1) is 12.4 Å². The van der Waals surface area contributed by atoms with E-state index in [1.54, 1.807) is 0 Å². The highest BCUT2D eigenvalue weighted by atomic mass is 35.5. The molecule has 1 rings (SSSR count). The van der Waals surface area contributed by atoms with E-state index < -0.39 is 0 Å². The molecular weight excluding hydrogens is 234 g/mol. The lowest BCUT2D eigenvalue weighted by Gasteiger charge is -2.12. The van der Waals surface area contributed by atoms with Crippen molar-refractivity contribution < 1.29 is 5.11 Å². The van der Waals surface area contributed by atoms with Gasteiger partial charge in [0, 0.05) is 13.2 Å². The van der Waals surface area contributed by atoms with Crippen molar-refractivity contribution >= 4 is 12.4 Å². The van der Waals surface area contributed by atoms with Gasteiger partial charge < -0.3 is 10.4 Å². The molecule has 1 aromatic carbocycles. The van der Waals surface area contributed by atoms with Crippen LogP contribution in [0.15, 0.2) is 30.3 Å². The highest BCUT2D eigenvalue weighted by Crippen LogP contribution is 2.12. The Morgan fingerprint density at radius 3 is 2.47 bits per heavy atom. The SMILES string of the molecule is CC(CNCCCCCO)c1ccccc1.Cl. The van der Waals surface area contributed by atoms with Gasteiger partial charge in [0.25, 0.3) is 0 Å². The molecule has 1 aromatic rings. The minimum absolute atomic E-state index is 0. The number of hydrogen-bond acceptors (Lipinski definition) is 2. The van der Waals surface area contributed by atoms with Crippen LogP contribution in [0.25, 0.3) is 0 Å². The van der Waals surface area contributed by atoms with Gasteiger partial charge in [0.1, 0.15) is 0 Å². The highest BCUT2D eigenvalue weighted by molar-refractivity contribution is 5.85. The van der Waals surface area contributed by atoms with Crippen molar-refractivity contribution in [2.75, 3.05) is 19.7 Å². The Bertz CT molecular complexity index is 266. The van der Waals surface area contributed by atoms with Crippen molar-refractivity contribution in [3.63, 3.8) is 0 Å². The fourth-order valence-electron chi connectivity index (χ4n) is 1.76. The molecule has 2 N–H and O–H groups in total. The number of unbranched alkanes of at least 4 members (excludes halogenated alkanes) is 2. The zero-order valence-corrected chi connectivity index (χ0v) is 11.4. The number of aliphatic hydroxyl groups is 1. The van der Waals surface area contributed by atoms with Gasteiger partial charge in [-0.3, -0.25) is 0 Å². The Morgan fingerprint density at radius 1 is 1.12 bits per heavy atom. The predicted molar refractivity (Wildman–Crippen MR) is 75.9 cm³/mol. The average molecular weight is 258 g/mol. The smallest absolute Gasteiger partial charge is 0.0431 e. The summed E-state index contributed by atoms with van der Waals surface area (Å²) in [6, 6.07) is 10.6. The summed E-state index contributed by atoms with van der Waals surface area (Å²) in [5, 5.41) is 12.1. The molecule has 1 unspecified atom stereocenters. The van der Waals surface area contributed by atoms with E-state index in [1.807, 2.05) is 0 Å². The molecule has 2 nitrogen and oxygen atoms in total. The molecule has 0 radical (unpaired) electrons. The van der Waals surface area contributed by atoms with E-state index in [0.29, 0.717) is 12.5 Å². The normalized spacial score (nSPS) is 11.9. The van der Waals surface area contributed by atoms with Crippen LogP contribution in [0.5, 0.6) is 0 Å². The van der Waals surface area contributed by atoms with Gasteiger partial charge in [-0.1, -0.05) is 37.3 Å². The van der Waals surface area contributed by atoms with E-state index >= 15 is 0 Å². The minimum Gasteiger partial charge on any atom is -0.396 e. The van der Waals surface area contributed by atoms with Crippen molar-refractivity contribution in [1.29, 1.82) is 0 Å².